The molecule has 1 aliphatic heterocycles. The molecule has 0 radical (unpaired) electrons. The Hall–Kier alpha value is -2.89. The third-order valence-corrected chi connectivity index (χ3v) is 7.01. The van der Waals surface area contributed by atoms with Gasteiger partial charge in [0.05, 0.1) is 0 Å². The summed E-state index contributed by atoms with van der Waals surface area (Å²) in [5.74, 6) is -2.16. The summed E-state index contributed by atoms with van der Waals surface area (Å²) in [7, 11) is 0. The molecule has 5 unspecified atom stereocenters. The van der Waals surface area contributed by atoms with E-state index >= 15 is 0 Å². The van der Waals surface area contributed by atoms with Gasteiger partial charge in [-0.15, -0.1) is 0 Å². The Morgan fingerprint density at radius 3 is 2.00 bits per heavy atom. The molecule has 2 aliphatic rings. The molecule has 0 aromatic carbocycles. The Labute approximate surface area is 241 Å². The Balaban J connectivity index is 1.89. The number of esters is 4. The van der Waals surface area contributed by atoms with Crippen LogP contribution in [-0.2, 0) is 47.6 Å². The van der Waals surface area contributed by atoms with Gasteiger partial charge in [-0.2, -0.15) is 0 Å². The lowest BCUT2D eigenvalue weighted by Crippen LogP contribution is -2.61. The molecule has 0 bridgehead atoms. The van der Waals surface area contributed by atoms with Crippen LogP contribution in [0.15, 0.2) is 5.11 Å². The minimum atomic E-state index is -1.23. The number of hydrogen-bond donors (Lipinski definition) is 0. The average Bonchev–Trinajstić information content (AvgIpc) is 2.91. The zero-order valence-electron chi connectivity index (χ0n) is 24.5. The predicted octanol–water partition coefficient (Wildman–Crippen LogP) is 4.83. The predicted molar refractivity (Wildman–Crippen MR) is 145 cm³/mol. The minimum Gasteiger partial charge on any atom is -0.463 e. The molecule has 1 heterocycles. The first kappa shape index (κ1) is 34.3. The lowest BCUT2D eigenvalue weighted by molar-refractivity contribution is -0.273. The van der Waals surface area contributed by atoms with Crippen molar-refractivity contribution in [1.29, 1.82) is 0 Å². The standard InChI is InChI=1S/C28H45N3O10/c1-19(32)37-18-23-26(38-20(2)33)27(39-21(3)34)25(30-31-29)28(41-23)36-17-13-9-12-16-24(35)40-22-14-10-7-5-4-6-8-11-15-22/h22-23,25-28H,4-18H2,1-3H3. The Morgan fingerprint density at radius 1 is 0.805 bits per heavy atom. The van der Waals surface area contributed by atoms with E-state index in [0.717, 1.165) is 39.5 Å². The van der Waals surface area contributed by atoms with Crippen molar-refractivity contribution >= 4 is 23.9 Å². The zero-order chi connectivity index (χ0) is 30.0. The van der Waals surface area contributed by atoms with Crippen molar-refractivity contribution in [3.05, 3.63) is 10.4 Å². The fourth-order valence-electron chi connectivity index (χ4n) is 5.09. The summed E-state index contributed by atoms with van der Waals surface area (Å²) in [6.45, 7) is 3.41. The number of ether oxygens (including phenoxy) is 6. The van der Waals surface area contributed by atoms with Crippen LogP contribution in [-0.4, -0.2) is 73.8 Å². The third-order valence-electron chi connectivity index (χ3n) is 7.01. The molecule has 5 atom stereocenters. The van der Waals surface area contributed by atoms with E-state index in [9.17, 15) is 19.2 Å². The SMILES string of the molecule is CC(=O)OCC1OC(OCCCCCC(=O)OC2CCCCCCCCC2)C(N=[N+]=[N-])C(OC(C)=O)C1OC(C)=O. The lowest BCUT2D eigenvalue weighted by atomic mass is 9.97. The highest BCUT2D eigenvalue weighted by atomic mass is 16.7. The second kappa shape index (κ2) is 19.3. The molecular weight excluding hydrogens is 538 g/mol. The van der Waals surface area contributed by atoms with Crippen molar-refractivity contribution < 1.29 is 47.6 Å². The van der Waals surface area contributed by atoms with Crippen molar-refractivity contribution in [1.82, 2.24) is 0 Å². The average molecular weight is 584 g/mol. The molecule has 13 nitrogen and oxygen atoms in total. The van der Waals surface area contributed by atoms with Crippen LogP contribution in [0.2, 0.25) is 0 Å². The maximum absolute atomic E-state index is 12.4. The number of unbranched alkanes of at least 4 members (excludes halogenated alkanes) is 2. The summed E-state index contributed by atoms with van der Waals surface area (Å²) in [6, 6.07) is -1.17. The molecule has 0 aromatic rings. The first-order valence-electron chi connectivity index (χ1n) is 14.7. The van der Waals surface area contributed by atoms with E-state index in [4.69, 9.17) is 34.0 Å². The molecule has 41 heavy (non-hydrogen) atoms. The Kier molecular flexibility index (Phi) is 16.1. The van der Waals surface area contributed by atoms with Gasteiger partial charge in [-0.05, 0) is 44.1 Å². The van der Waals surface area contributed by atoms with E-state index in [0.29, 0.717) is 25.7 Å². The van der Waals surface area contributed by atoms with Gasteiger partial charge in [0.1, 0.15) is 24.9 Å². The molecule has 2 fully saturated rings. The highest BCUT2D eigenvalue weighted by Crippen LogP contribution is 2.30. The van der Waals surface area contributed by atoms with Gasteiger partial charge in [0.15, 0.2) is 18.5 Å². The van der Waals surface area contributed by atoms with Gasteiger partial charge in [-0.1, -0.05) is 43.6 Å². The molecule has 13 heteroatoms. The fraction of sp³-hybridized carbons (Fsp3) is 0.857. The summed E-state index contributed by atoms with van der Waals surface area (Å²) < 4.78 is 33.2. The maximum Gasteiger partial charge on any atom is 0.306 e. The number of carbonyl (C=O) groups excluding carboxylic acids is 4. The molecule has 232 valence electrons. The summed E-state index contributed by atoms with van der Waals surface area (Å²) in [5, 5.41) is 3.70. The van der Waals surface area contributed by atoms with Crippen LogP contribution in [0.25, 0.3) is 10.4 Å². The molecule has 2 rings (SSSR count). The third kappa shape index (κ3) is 13.5. The van der Waals surface area contributed by atoms with Crippen molar-refractivity contribution in [3.63, 3.8) is 0 Å². The summed E-state index contributed by atoms with van der Waals surface area (Å²) in [4.78, 5) is 50.2. The summed E-state index contributed by atoms with van der Waals surface area (Å²) in [5.41, 5.74) is 9.15. The van der Waals surface area contributed by atoms with E-state index in [2.05, 4.69) is 10.0 Å². The molecule has 0 aromatic heterocycles. The van der Waals surface area contributed by atoms with Crippen molar-refractivity contribution in [2.45, 2.75) is 141 Å². The van der Waals surface area contributed by atoms with Crippen LogP contribution >= 0.6 is 0 Å². The van der Waals surface area contributed by atoms with Crippen molar-refractivity contribution in [3.8, 4) is 0 Å². The van der Waals surface area contributed by atoms with Crippen LogP contribution in [0.1, 0.15) is 104 Å². The van der Waals surface area contributed by atoms with Gasteiger partial charge in [-0.3, -0.25) is 19.2 Å². The van der Waals surface area contributed by atoms with Crippen molar-refractivity contribution in [2.75, 3.05) is 13.2 Å². The number of rotatable bonds is 13. The highest BCUT2D eigenvalue weighted by Gasteiger charge is 2.50. The monoisotopic (exact) mass is 583 g/mol. The number of carbonyl (C=O) groups is 4. The lowest BCUT2D eigenvalue weighted by Gasteiger charge is -2.43. The van der Waals surface area contributed by atoms with Crippen LogP contribution in [0.3, 0.4) is 0 Å². The number of hydrogen-bond acceptors (Lipinski definition) is 11. The molecule has 1 saturated heterocycles. The molecule has 1 aliphatic carbocycles. The fourth-order valence-corrected chi connectivity index (χ4v) is 5.09. The maximum atomic E-state index is 12.4. The Bertz CT molecular complexity index is 884. The van der Waals surface area contributed by atoms with Crippen LogP contribution < -0.4 is 0 Å². The van der Waals surface area contributed by atoms with E-state index in [1.54, 1.807) is 0 Å². The molecule has 0 amide bonds. The number of azide groups is 1. The smallest absolute Gasteiger partial charge is 0.306 e. The molecule has 1 saturated carbocycles. The molecule has 0 N–H and O–H groups in total. The van der Waals surface area contributed by atoms with E-state index in [1.807, 2.05) is 0 Å². The van der Waals surface area contributed by atoms with Gasteiger partial charge >= 0.3 is 23.9 Å². The van der Waals surface area contributed by atoms with Gasteiger partial charge < -0.3 is 28.4 Å². The van der Waals surface area contributed by atoms with Gasteiger partial charge in [0, 0.05) is 38.7 Å². The summed E-state index contributed by atoms with van der Waals surface area (Å²) in [6.07, 6.45) is 7.78. The van der Waals surface area contributed by atoms with Gasteiger partial charge in [0.2, 0.25) is 0 Å². The Morgan fingerprint density at radius 2 is 1.41 bits per heavy atom. The zero-order valence-corrected chi connectivity index (χ0v) is 24.5. The minimum absolute atomic E-state index is 0.00547. The van der Waals surface area contributed by atoms with Gasteiger partial charge in [0.25, 0.3) is 0 Å². The first-order chi connectivity index (χ1) is 19.7. The van der Waals surface area contributed by atoms with Gasteiger partial charge in [-0.25, -0.2) is 0 Å². The van der Waals surface area contributed by atoms with E-state index in [-0.39, 0.29) is 25.3 Å². The van der Waals surface area contributed by atoms with Crippen LogP contribution in [0, 0.1) is 0 Å². The van der Waals surface area contributed by atoms with Crippen LogP contribution in [0.4, 0.5) is 0 Å². The van der Waals surface area contributed by atoms with Crippen LogP contribution in [0.5, 0.6) is 0 Å². The first-order valence-corrected chi connectivity index (χ1v) is 14.7. The van der Waals surface area contributed by atoms with Crippen molar-refractivity contribution in [2.24, 2.45) is 5.11 Å². The van der Waals surface area contributed by atoms with E-state index < -0.39 is 48.6 Å². The second-order valence-corrected chi connectivity index (χ2v) is 10.5. The largest absolute Gasteiger partial charge is 0.463 e. The van der Waals surface area contributed by atoms with E-state index in [1.165, 1.54) is 39.0 Å². The quantitative estimate of drug-likeness (QED) is 0.0730. The normalized spacial score (nSPS) is 25.7. The highest BCUT2D eigenvalue weighted by molar-refractivity contribution is 5.69. The second-order valence-electron chi connectivity index (χ2n) is 10.5. The molecular formula is C28H45N3O10. The molecule has 0 spiro atoms. The number of nitrogens with zero attached hydrogens (tertiary/aromatic N) is 3. The topological polar surface area (TPSA) is 172 Å². The summed E-state index contributed by atoms with van der Waals surface area (Å²) >= 11 is 0.